The molecule has 1 fully saturated rings. The predicted molar refractivity (Wildman–Crippen MR) is 118 cm³/mol. The Morgan fingerprint density at radius 1 is 1.15 bits per heavy atom. The summed E-state index contributed by atoms with van der Waals surface area (Å²) in [6.45, 7) is 5.52. The van der Waals surface area contributed by atoms with Gasteiger partial charge in [0.25, 0.3) is 17.9 Å². The SMILES string of the molecule is Cc1ccc(=O)n(CC(=O)N2CCc3c(C(=O)N4CCCN(C)CC4)n[nH]c3C2)n1.O=CO. The van der Waals surface area contributed by atoms with Crippen molar-refractivity contribution in [1.29, 1.82) is 0 Å². The van der Waals surface area contributed by atoms with Gasteiger partial charge in [0.05, 0.1) is 17.9 Å². The van der Waals surface area contributed by atoms with Crippen molar-refractivity contribution in [3.63, 3.8) is 0 Å². The highest BCUT2D eigenvalue weighted by molar-refractivity contribution is 5.94. The van der Waals surface area contributed by atoms with Crippen molar-refractivity contribution < 1.29 is 19.5 Å². The Labute approximate surface area is 190 Å². The zero-order valence-corrected chi connectivity index (χ0v) is 18.9. The zero-order valence-electron chi connectivity index (χ0n) is 18.9. The molecule has 2 N–H and O–H groups in total. The van der Waals surface area contributed by atoms with E-state index in [1.54, 1.807) is 17.9 Å². The van der Waals surface area contributed by atoms with Crippen molar-refractivity contribution in [1.82, 2.24) is 34.7 Å². The van der Waals surface area contributed by atoms with Crippen LogP contribution in [0, 0.1) is 6.92 Å². The molecule has 0 unspecified atom stereocenters. The fraction of sp³-hybridized carbons (Fsp3) is 0.524. The van der Waals surface area contributed by atoms with Crippen LogP contribution in [-0.2, 0) is 29.1 Å². The number of hydrogen-bond acceptors (Lipinski definition) is 7. The number of rotatable bonds is 3. The van der Waals surface area contributed by atoms with Crippen molar-refractivity contribution in [2.45, 2.75) is 32.9 Å². The second kappa shape index (κ2) is 10.9. The summed E-state index contributed by atoms with van der Waals surface area (Å²) >= 11 is 0. The first-order valence-corrected chi connectivity index (χ1v) is 10.8. The topological polar surface area (TPSA) is 145 Å². The molecule has 4 rings (SSSR count). The quantitative estimate of drug-likeness (QED) is 0.576. The number of H-pyrrole nitrogens is 1. The molecular weight excluding hydrogens is 430 g/mol. The van der Waals surface area contributed by atoms with E-state index in [0.717, 1.165) is 37.3 Å². The first-order chi connectivity index (χ1) is 15.8. The third-order valence-corrected chi connectivity index (χ3v) is 5.78. The highest BCUT2D eigenvalue weighted by Gasteiger charge is 2.30. The molecule has 178 valence electrons. The van der Waals surface area contributed by atoms with Gasteiger partial charge in [0.2, 0.25) is 5.91 Å². The molecule has 0 bridgehead atoms. The van der Waals surface area contributed by atoms with Crippen LogP contribution in [0.4, 0.5) is 0 Å². The molecule has 2 amide bonds. The average Bonchev–Trinajstić information content (AvgIpc) is 3.09. The number of aryl methyl sites for hydroxylation is 1. The Bertz CT molecular complexity index is 1060. The largest absolute Gasteiger partial charge is 0.483 e. The molecule has 12 heteroatoms. The van der Waals surface area contributed by atoms with Crippen LogP contribution in [0.15, 0.2) is 16.9 Å². The van der Waals surface area contributed by atoms with Crippen LogP contribution in [0.25, 0.3) is 0 Å². The number of carbonyl (C=O) groups is 3. The first-order valence-electron chi connectivity index (χ1n) is 10.8. The van der Waals surface area contributed by atoms with Crippen LogP contribution >= 0.6 is 0 Å². The van der Waals surface area contributed by atoms with Gasteiger partial charge >= 0.3 is 0 Å². The van der Waals surface area contributed by atoms with Crippen molar-refractivity contribution >= 4 is 18.3 Å². The van der Waals surface area contributed by atoms with Crippen molar-refractivity contribution in [2.75, 3.05) is 39.8 Å². The van der Waals surface area contributed by atoms with E-state index in [9.17, 15) is 14.4 Å². The summed E-state index contributed by atoms with van der Waals surface area (Å²) in [5, 5.41) is 18.3. The minimum Gasteiger partial charge on any atom is -0.483 e. The molecule has 2 aliphatic heterocycles. The van der Waals surface area contributed by atoms with E-state index in [0.29, 0.717) is 37.4 Å². The lowest BCUT2D eigenvalue weighted by Gasteiger charge is -2.27. The molecule has 0 aliphatic carbocycles. The monoisotopic (exact) mass is 459 g/mol. The fourth-order valence-electron chi connectivity index (χ4n) is 4.00. The minimum absolute atomic E-state index is 0.0434. The highest BCUT2D eigenvalue weighted by atomic mass is 16.3. The Balaban J connectivity index is 0.000000968. The third kappa shape index (κ3) is 5.83. The van der Waals surface area contributed by atoms with Crippen molar-refractivity contribution in [3.8, 4) is 0 Å². The Morgan fingerprint density at radius 3 is 2.67 bits per heavy atom. The molecule has 12 nitrogen and oxygen atoms in total. The first kappa shape index (κ1) is 24.1. The van der Waals surface area contributed by atoms with Crippen LogP contribution in [-0.4, -0.2) is 97.8 Å². The standard InChI is InChI=1S/C20H27N7O3.CH2O2/c1-14-4-5-17(28)27(23-14)13-18(29)26-9-6-15-16(12-26)21-22-19(15)20(30)25-8-3-7-24(2)10-11-25;2-1-3/h4-5H,3,6-13H2,1-2H3,(H,21,22);1H,(H,2,3). The second-order valence-electron chi connectivity index (χ2n) is 8.12. The van der Waals surface area contributed by atoms with Crippen LogP contribution in [0.2, 0.25) is 0 Å². The van der Waals surface area contributed by atoms with E-state index in [1.165, 1.54) is 10.7 Å². The lowest BCUT2D eigenvalue weighted by molar-refractivity contribution is -0.133. The smallest absolute Gasteiger partial charge is 0.290 e. The van der Waals surface area contributed by atoms with Crippen molar-refractivity contribution in [3.05, 3.63) is 45.1 Å². The molecule has 0 radical (unpaired) electrons. The van der Waals surface area contributed by atoms with E-state index < -0.39 is 0 Å². The number of nitrogens with one attached hydrogen (secondary N) is 1. The summed E-state index contributed by atoms with van der Waals surface area (Å²) in [5.41, 5.74) is 2.53. The lowest BCUT2D eigenvalue weighted by atomic mass is 10.0. The van der Waals surface area contributed by atoms with Gasteiger partial charge in [-0.05, 0) is 39.4 Å². The summed E-state index contributed by atoms with van der Waals surface area (Å²) in [7, 11) is 2.07. The van der Waals surface area contributed by atoms with E-state index in [1.807, 2.05) is 4.90 Å². The number of carboxylic acid groups (broad SMARTS) is 1. The average molecular weight is 460 g/mol. The predicted octanol–water partition coefficient (Wildman–Crippen LogP) is -0.662. The Kier molecular flexibility index (Phi) is 7.93. The number of fused-ring (bicyclic) bond motifs is 1. The van der Waals surface area contributed by atoms with Gasteiger partial charge in [-0.1, -0.05) is 0 Å². The molecule has 2 aliphatic rings. The van der Waals surface area contributed by atoms with Gasteiger partial charge in [-0.2, -0.15) is 10.2 Å². The Hall–Kier alpha value is -3.54. The van der Waals surface area contributed by atoms with Crippen molar-refractivity contribution in [2.24, 2.45) is 0 Å². The molecular formula is C21H29N7O5. The maximum Gasteiger partial charge on any atom is 0.290 e. The molecule has 0 saturated carbocycles. The van der Waals surface area contributed by atoms with Crippen LogP contribution < -0.4 is 5.56 Å². The molecule has 2 aromatic heterocycles. The lowest BCUT2D eigenvalue weighted by Crippen LogP contribution is -2.41. The molecule has 1 saturated heterocycles. The van der Waals surface area contributed by atoms with Gasteiger partial charge in [0, 0.05) is 37.8 Å². The molecule has 0 spiro atoms. The van der Waals surface area contributed by atoms with E-state index in [-0.39, 0.29) is 30.4 Å². The van der Waals surface area contributed by atoms with Crippen LogP contribution in [0.1, 0.15) is 33.9 Å². The number of aromatic nitrogens is 4. The van der Waals surface area contributed by atoms with E-state index in [2.05, 4.69) is 27.2 Å². The summed E-state index contributed by atoms with van der Waals surface area (Å²) in [4.78, 5) is 51.8. The highest BCUT2D eigenvalue weighted by Crippen LogP contribution is 2.22. The van der Waals surface area contributed by atoms with Gasteiger partial charge in [-0.25, -0.2) is 4.68 Å². The summed E-state index contributed by atoms with van der Waals surface area (Å²) in [6, 6.07) is 3.04. The van der Waals surface area contributed by atoms with Gasteiger partial charge in [-0.15, -0.1) is 0 Å². The summed E-state index contributed by atoms with van der Waals surface area (Å²) < 4.78 is 1.19. The fourth-order valence-corrected chi connectivity index (χ4v) is 4.00. The van der Waals surface area contributed by atoms with Crippen LogP contribution in [0.3, 0.4) is 0 Å². The summed E-state index contributed by atoms with van der Waals surface area (Å²) in [5.74, 6) is -0.225. The van der Waals surface area contributed by atoms with Gasteiger partial charge in [0.1, 0.15) is 6.54 Å². The zero-order chi connectivity index (χ0) is 24.0. The molecule has 0 atom stereocenters. The number of amides is 2. The number of nitrogens with zero attached hydrogens (tertiary/aromatic N) is 6. The maximum atomic E-state index is 13.0. The summed E-state index contributed by atoms with van der Waals surface area (Å²) in [6.07, 6.45) is 1.51. The number of hydrogen-bond donors (Lipinski definition) is 2. The third-order valence-electron chi connectivity index (χ3n) is 5.78. The second-order valence-corrected chi connectivity index (χ2v) is 8.12. The van der Waals surface area contributed by atoms with E-state index >= 15 is 0 Å². The number of carbonyl (C=O) groups excluding carboxylic acids is 2. The van der Waals surface area contributed by atoms with Crippen LogP contribution in [0.5, 0.6) is 0 Å². The van der Waals surface area contributed by atoms with Gasteiger partial charge in [0.15, 0.2) is 5.69 Å². The van der Waals surface area contributed by atoms with Gasteiger partial charge in [-0.3, -0.25) is 24.3 Å². The number of likely N-dealkylation sites (N-methyl/N-ethyl adjacent to an activating group) is 1. The Morgan fingerprint density at radius 2 is 1.91 bits per heavy atom. The number of aromatic amines is 1. The van der Waals surface area contributed by atoms with E-state index in [4.69, 9.17) is 9.90 Å². The molecule has 4 heterocycles. The normalized spacial score (nSPS) is 16.3. The minimum atomic E-state index is -0.302. The maximum absolute atomic E-state index is 13.0. The molecule has 2 aromatic rings. The van der Waals surface area contributed by atoms with Gasteiger partial charge < -0.3 is 19.8 Å². The molecule has 0 aromatic carbocycles. The molecule has 33 heavy (non-hydrogen) atoms.